The lowest BCUT2D eigenvalue weighted by Gasteiger charge is -2.29. The Kier molecular flexibility index (Phi) is 6.62. The molecule has 0 atom stereocenters. The van der Waals surface area contributed by atoms with Crippen LogP contribution in [0.25, 0.3) is 11.0 Å². The van der Waals surface area contributed by atoms with Crippen molar-refractivity contribution in [3.63, 3.8) is 0 Å². The van der Waals surface area contributed by atoms with E-state index in [2.05, 4.69) is 9.72 Å². The number of halogens is 5. The zero-order valence-corrected chi connectivity index (χ0v) is 16.2. The number of hydrogen-bond donors (Lipinski definition) is 0. The van der Waals surface area contributed by atoms with Gasteiger partial charge in [-0.15, -0.1) is 0 Å². The van der Waals surface area contributed by atoms with Gasteiger partial charge >= 0.3 is 17.9 Å². The largest absolute Gasteiger partial charge is 0.468 e. The van der Waals surface area contributed by atoms with Gasteiger partial charge in [-0.25, -0.2) is 4.98 Å². The summed E-state index contributed by atoms with van der Waals surface area (Å²) >= 11 is 11.9. The molecular weight excluding hydrogens is 412 g/mol. The van der Waals surface area contributed by atoms with Gasteiger partial charge < -0.3 is 18.8 Å². The quantitative estimate of drug-likeness (QED) is 0.681. The highest BCUT2D eigenvalue weighted by Crippen LogP contribution is 2.46. The summed E-state index contributed by atoms with van der Waals surface area (Å²) in [6, 6.07) is 2.62. The van der Waals surface area contributed by atoms with Gasteiger partial charge in [-0.05, 0) is 12.1 Å². The van der Waals surface area contributed by atoms with Crippen molar-refractivity contribution >= 4 is 40.2 Å². The van der Waals surface area contributed by atoms with Gasteiger partial charge in [0, 0.05) is 0 Å². The molecule has 1 aliphatic heterocycles. The van der Waals surface area contributed by atoms with Gasteiger partial charge in [0.15, 0.2) is 5.82 Å². The summed E-state index contributed by atoms with van der Waals surface area (Å²) in [4.78, 5) is 15.7. The number of methoxy groups -OCH3 is 1. The Morgan fingerprint density at radius 2 is 1.81 bits per heavy atom. The number of nitrogens with zero attached hydrogens (tertiary/aromatic N) is 2. The topological polar surface area (TPSA) is 62.6 Å². The van der Waals surface area contributed by atoms with E-state index in [1.807, 2.05) is 13.8 Å². The Labute approximate surface area is 163 Å². The molecular formula is C16H17Cl2F3N2O4. The van der Waals surface area contributed by atoms with Gasteiger partial charge in [0.25, 0.3) is 0 Å². The van der Waals surface area contributed by atoms with Gasteiger partial charge in [0.1, 0.15) is 6.54 Å². The summed E-state index contributed by atoms with van der Waals surface area (Å²) in [5, 5.41) is 0.207. The van der Waals surface area contributed by atoms with E-state index in [4.69, 9.17) is 32.7 Å². The number of carbonyl (C=O) groups excluding carboxylic acids is 1. The molecule has 0 spiro atoms. The molecule has 1 aromatic carbocycles. The van der Waals surface area contributed by atoms with Crippen LogP contribution >= 0.6 is 23.2 Å². The van der Waals surface area contributed by atoms with Crippen LogP contribution in [0, 0.1) is 0 Å². The maximum atomic E-state index is 13.7. The Balaban J connectivity index is 0.00000126. The summed E-state index contributed by atoms with van der Waals surface area (Å²) in [5.74, 6) is -4.49. The average Bonchev–Trinajstić information content (AvgIpc) is 3.24. The molecule has 0 unspecified atom stereocenters. The van der Waals surface area contributed by atoms with E-state index >= 15 is 0 Å². The molecule has 2 aromatic rings. The number of esters is 1. The summed E-state index contributed by atoms with van der Waals surface area (Å²) in [6.45, 7) is 2.91. The second-order valence-electron chi connectivity index (χ2n) is 5.16. The number of ether oxygens (including phenoxy) is 3. The number of alkyl halides is 3. The molecule has 11 heteroatoms. The number of imidazole rings is 1. The molecule has 0 N–H and O–H groups in total. The van der Waals surface area contributed by atoms with E-state index in [1.165, 1.54) is 12.1 Å². The fraction of sp³-hybridized carbons (Fsp3) is 0.500. The second-order valence-corrected chi connectivity index (χ2v) is 5.98. The maximum absolute atomic E-state index is 13.7. The van der Waals surface area contributed by atoms with E-state index in [9.17, 15) is 18.0 Å². The fourth-order valence-electron chi connectivity index (χ4n) is 2.56. The minimum atomic E-state index is -4.92. The van der Waals surface area contributed by atoms with Gasteiger partial charge in [-0.2, -0.15) is 13.2 Å². The average molecular weight is 429 g/mol. The normalized spacial score (nSPS) is 16.1. The highest BCUT2D eigenvalue weighted by Gasteiger charge is 2.64. The number of fused-ring (bicyclic) bond motifs is 1. The van der Waals surface area contributed by atoms with Crippen molar-refractivity contribution in [2.24, 2.45) is 0 Å². The molecule has 150 valence electrons. The van der Waals surface area contributed by atoms with Crippen molar-refractivity contribution in [2.45, 2.75) is 32.4 Å². The van der Waals surface area contributed by atoms with Gasteiger partial charge in [-0.3, -0.25) is 4.79 Å². The molecule has 6 nitrogen and oxygen atoms in total. The van der Waals surface area contributed by atoms with Crippen LogP contribution in [0.1, 0.15) is 19.7 Å². The van der Waals surface area contributed by atoms with Crippen molar-refractivity contribution in [3.8, 4) is 0 Å². The van der Waals surface area contributed by atoms with Crippen molar-refractivity contribution < 1.29 is 32.2 Å². The first-order valence-electron chi connectivity index (χ1n) is 7.97. The van der Waals surface area contributed by atoms with Crippen LogP contribution in [0.3, 0.4) is 0 Å². The zero-order valence-electron chi connectivity index (χ0n) is 14.7. The highest BCUT2D eigenvalue weighted by atomic mass is 35.5. The Morgan fingerprint density at radius 3 is 2.33 bits per heavy atom. The van der Waals surface area contributed by atoms with E-state index in [1.54, 1.807) is 0 Å². The first-order chi connectivity index (χ1) is 12.7. The van der Waals surface area contributed by atoms with Crippen LogP contribution < -0.4 is 0 Å². The number of rotatable bonds is 3. The van der Waals surface area contributed by atoms with Gasteiger partial charge in [-0.1, -0.05) is 37.0 Å². The van der Waals surface area contributed by atoms with Crippen LogP contribution in [-0.4, -0.2) is 42.0 Å². The third-order valence-electron chi connectivity index (χ3n) is 3.67. The lowest BCUT2D eigenvalue weighted by molar-refractivity contribution is -0.356. The van der Waals surface area contributed by atoms with Crippen LogP contribution in [0.2, 0.25) is 10.0 Å². The van der Waals surface area contributed by atoms with Gasteiger partial charge in [0.05, 0.1) is 41.4 Å². The number of hydrogen-bond acceptors (Lipinski definition) is 5. The lowest BCUT2D eigenvalue weighted by Crippen LogP contribution is -2.46. The van der Waals surface area contributed by atoms with Crippen LogP contribution in [0.4, 0.5) is 13.2 Å². The highest BCUT2D eigenvalue weighted by molar-refractivity contribution is 6.42. The molecule has 0 aliphatic carbocycles. The lowest BCUT2D eigenvalue weighted by atomic mass is 10.2. The van der Waals surface area contributed by atoms with E-state index < -0.39 is 30.3 Å². The van der Waals surface area contributed by atoms with Crippen molar-refractivity contribution in [1.82, 2.24) is 9.55 Å². The third kappa shape index (κ3) is 3.87. The van der Waals surface area contributed by atoms with Crippen LogP contribution in [-0.2, 0) is 31.3 Å². The SMILES string of the molecule is CC.COC(=O)Cn1c(C2(C(F)(F)F)OCCO2)nc2cc(Cl)c(Cl)cc21. The molecule has 1 aromatic heterocycles. The predicted octanol–water partition coefficient (Wildman–Crippen LogP) is 4.30. The predicted molar refractivity (Wildman–Crippen MR) is 92.8 cm³/mol. The Morgan fingerprint density at radius 1 is 1.26 bits per heavy atom. The summed E-state index contributed by atoms with van der Waals surface area (Å²) in [6.07, 6.45) is -4.92. The summed E-state index contributed by atoms with van der Waals surface area (Å²) in [5.41, 5.74) is 0.272. The Bertz CT molecular complexity index is 833. The molecule has 3 rings (SSSR count). The summed E-state index contributed by atoms with van der Waals surface area (Å²) < 4.78 is 56.5. The minimum absolute atomic E-state index is 0.0982. The van der Waals surface area contributed by atoms with E-state index in [0.717, 1.165) is 11.7 Å². The van der Waals surface area contributed by atoms with Crippen molar-refractivity contribution in [1.29, 1.82) is 0 Å². The second kappa shape index (κ2) is 8.22. The van der Waals surface area contributed by atoms with Crippen LogP contribution in [0.5, 0.6) is 0 Å². The molecule has 0 bridgehead atoms. The summed E-state index contributed by atoms with van der Waals surface area (Å²) in [7, 11) is 1.12. The number of carbonyl (C=O) groups is 1. The number of aromatic nitrogens is 2. The van der Waals surface area contributed by atoms with Crippen molar-refractivity contribution in [3.05, 3.63) is 28.0 Å². The molecule has 1 saturated heterocycles. The molecule has 2 heterocycles. The van der Waals surface area contributed by atoms with E-state index in [0.29, 0.717) is 0 Å². The van der Waals surface area contributed by atoms with Crippen molar-refractivity contribution in [2.75, 3.05) is 20.3 Å². The smallest absolute Gasteiger partial charge is 0.451 e. The molecule has 1 aliphatic rings. The standard InChI is InChI=1S/C14H11Cl2F3N2O4.C2H6/c1-23-11(22)6-21-10-5-8(16)7(15)4-9(10)20-12(21)13(14(17,18)19)24-2-3-25-13;1-2/h4-5H,2-3,6H2,1H3;1-2H3. The number of benzene rings is 1. The molecule has 0 saturated carbocycles. The molecule has 1 fully saturated rings. The molecule has 0 amide bonds. The zero-order chi connectivity index (χ0) is 20.4. The molecule has 27 heavy (non-hydrogen) atoms. The molecule has 0 radical (unpaired) electrons. The first kappa shape index (κ1) is 21.7. The first-order valence-corrected chi connectivity index (χ1v) is 8.72. The Hall–Kier alpha value is -1.55. The van der Waals surface area contributed by atoms with E-state index in [-0.39, 0.29) is 34.3 Å². The maximum Gasteiger partial charge on any atom is 0.451 e. The van der Waals surface area contributed by atoms with Gasteiger partial charge in [0.2, 0.25) is 0 Å². The minimum Gasteiger partial charge on any atom is -0.468 e. The fourth-order valence-corrected chi connectivity index (χ4v) is 2.87. The third-order valence-corrected chi connectivity index (χ3v) is 4.39. The van der Waals surface area contributed by atoms with Crippen LogP contribution in [0.15, 0.2) is 12.1 Å². The monoisotopic (exact) mass is 428 g/mol.